The fourth-order valence-electron chi connectivity index (χ4n) is 6.22. The van der Waals surface area contributed by atoms with Crippen LogP contribution < -0.4 is 0 Å². The topological polar surface area (TPSA) is 13.1 Å². The van der Waals surface area contributed by atoms with Gasteiger partial charge in [0.25, 0.3) is 0 Å². The summed E-state index contributed by atoms with van der Waals surface area (Å²) in [4.78, 5) is 0. The molecule has 43 heavy (non-hydrogen) atoms. The van der Waals surface area contributed by atoms with Crippen LogP contribution in [-0.4, -0.2) is 0 Å². The molecule has 0 radical (unpaired) electrons. The minimum Gasteiger partial charge on any atom is -0.455 e. The zero-order chi connectivity index (χ0) is 37.9. The first-order valence-corrected chi connectivity index (χ1v) is 13.9. The van der Waals surface area contributed by atoms with Crippen LogP contribution in [0.3, 0.4) is 0 Å². The van der Waals surface area contributed by atoms with Crippen LogP contribution in [0.2, 0.25) is 0 Å². The molecule has 0 unspecified atom stereocenters. The highest BCUT2D eigenvalue weighted by atomic mass is 16.3. The lowest BCUT2D eigenvalue weighted by Gasteiger charge is -2.18. The van der Waals surface area contributed by atoms with Gasteiger partial charge in [0.2, 0.25) is 0 Å². The second kappa shape index (κ2) is 9.44. The summed E-state index contributed by atoms with van der Waals surface area (Å²) in [5.74, 6) is 0. The van der Waals surface area contributed by atoms with Gasteiger partial charge >= 0.3 is 0 Å². The Kier molecular flexibility index (Phi) is 3.41. The monoisotopic (exact) mass is 557 g/mol. The standard InChI is InChI=1S/C42H26O/c1-2-16-30-27(12-1)13-10-22-31(30)28-14-9-15-29(26-28)40-33-18-3-5-20-35(33)41(36-21-6-4-19-34(36)40)38-24-11-23-37-32-17-7-8-25-39(32)43-42(37)38/h1-26H/i3D,4D,5D,6D,11D,18D,19D,20D,21D,23D,24D. The summed E-state index contributed by atoms with van der Waals surface area (Å²) in [6, 6.07) is 22.6. The third-order valence-electron chi connectivity index (χ3n) is 8.07. The van der Waals surface area contributed by atoms with E-state index in [1.165, 1.54) is 0 Å². The van der Waals surface area contributed by atoms with Gasteiger partial charge in [-0.05, 0) is 66.7 Å². The lowest BCUT2D eigenvalue weighted by Crippen LogP contribution is -1.91. The first kappa shape index (κ1) is 15.5. The smallest absolute Gasteiger partial charge is 0.143 e. The normalized spacial score (nSPS) is 15.3. The van der Waals surface area contributed by atoms with Crippen LogP contribution in [0.25, 0.3) is 87.6 Å². The highest BCUT2D eigenvalue weighted by molar-refractivity contribution is 6.24. The Balaban J connectivity index is 1.55. The van der Waals surface area contributed by atoms with Gasteiger partial charge in [-0.3, -0.25) is 0 Å². The van der Waals surface area contributed by atoms with Crippen LogP contribution in [0.5, 0.6) is 0 Å². The Bertz CT molecular complexity index is 3040. The van der Waals surface area contributed by atoms with E-state index < -0.39 is 60.4 Å². The van der Waals surface area contributed by atoms with Crippen LogP contribution in [0.4, 0.5) is 0 Å². The first-order valence-electron chi connectivity index (χ1n) is 19.4. The fraction of sp³-hybridized carbons (Fsp3) is 0. The van der Waals surface area contributed by atoms with Gasteiger partial charge in [0, 0.05) is 21.9 Å². The molecule has 0 bridgehead atoms. The number of fused-ring (bicyclic) bond motifs is 6. The van der Waals surface area contributed by atoms with Crippen LogP contribution in [0, 0.1) is 0 Å². The van der Waals surface area contributed by atoms with Gasteiger partial charge in [-0.25, -0.2) is 0 Å². The molecule has 1 aromatic heterocycles. The van der Waals surface area contributed by atoms with Crippen molar-refractivity contribution < 1.29 is 19.5 Å². The van der Waals surface area contributed by atoms with Crippen molar-refractivity contribution >= 4 is 54.3 Å². The van der Waals surface area contributed by atoms with Gasteiger partial charge in [-0.15, -0.1) is 0 Å². The molecule has 0 saturated carbocycles. The molecule has 0 spiro atoms. The maximum atomic E-state index is 9.36. The molecule has 0 fully saturated rings. The molecule has 8 aromatic carbocycles. The van der Waals surface area contributed by atoms with Crippen molar-refractivity contribution in [3.8, 4) is 33.4 Å². The zero-order valence-corrected chi connectivity index (χ0v) is 22.6. The van der Waals surface area contributed by atoms with Crippen LogP contribution in [0.1, 0.15) is 15.1 Å². The van der Waals surface area contributed by atoms with Crippen molar-refractivity contribution in [1.29, 1.82) is 0 Å². The molecule has 9 aromatic rings. The van der Waals surface area contributed by atoms with E-state index in [9.17, 15) is 6.85 Å². The van der Waals surface area contributed by atoms with Gasteiger partial charge in [-0.2, -0.15) is 0 Å². The number of benzene rings is 8. The summed E-state index contributed by atoms with van der Waals surface area (Å²) in [5, 5.41) is 2.45. The third-order valence-corrected chi connectivity index (χ3v) is 8.07. The Labute approximate surface area is 264 Å². The molecular formula is C42H26O. The van der Waals surface area contributed by atoms with Crippen molar-refractivity contribution in [3.05, 3.63) is 157 Å². The van der Waals surface area contributed by atoms with Crippen LogP contribution in [0.15, 0.2) is 162 Å². The maximum absolute atomic E-state index is 9.36. The van der Waals surface area contributed by atoms with Crippen LogP contribution in [-0.2, 0) is 0 Å². The predicted octanol–water partition coefficient (Wildman–Crippen LogP) is 12.0. The molecule has 0 aliphatic carbocycles. The molecule has 0 amide bonds. The molecule has 1 heteroatoms. The van der Waals surface area contributed by atoms with Crippen molar-refractivity contribution in [3.63, 3.8) is 0 Å². The van der Waals surface area contributed by atoms with E-state index in [1.54, 1.807) is 36.4 Å². The molecule has 200 valence electrons. The Morgan fingerprint density at radius 3 is 1.81 bits per heavy atom. The molecule has 0 aliphatic rings. The van der Waals surface area contributed by atoms with E-state index in [0.29, 0.717) is 16.5 Å². The summed E-state index contributed by atoms with van der Waals surface area (Å²) in [6.07, 6.45) is 0. The molecule has 1 heterocycles. The lowest BCUT2D eigenvalue weighted by atomic mass is 9.85. The summed E-state index contributed by atoms with van der Waals surface area (Å²) < 4.78 is 106. The number of para-hydroxylation sites is 2. The summed E-state index contributed by atoms with van der Waals surface area (Å²) in [7, 11) is 0. The average molecular weight is 558 g/mol. The van der Waals surface area contributed by atoms with Crippen molar-refractivity contribution in [2.24, 2.45) is 0 Å². The summed E-state index contributed by atoms with van der Waals surface area (Å²) in [5.41, 5.74) is 2.42. The van der Waals surface area contributed by atoms with Crippen molar-refractivity contribution in [2.75, 3.05) is 0 Å². The Hall–Kier alpha value is -5.66. The van der Waals surface area contributed by atoms with Gasteiger partial charge in [0.1, 0.15) is 11.2 Å². The zero-order valence-electron chi connectivity index (χ0n) is 33.6. The molecule has 9 rings (SSSR count). The van der Waals surface area contributed by atoms with E-state index in [2.05, 4.69) is 0 Å². The van der Waals surface area contributed by atoms with E-state index in [1.807, 2.05) is 54.6 Å². The number of furan rings is 1. The summed E-state index contributed by atoms with van der Waals surface area (Å²) >= 11 is 0. The molecule has 0 N–H and O–H groups in total. The molecular weight excluding hydrogens is 520 g/mol. The largest absolute Gasteiger partial charge is 0.455 e. The predicted molar refractivity (Wildman–Crippen MR) is 183 cm³/mol. The minimum atomic E-state index is -0.583. The Morgan fingerprint density at radius 1 is 0.419 bits per heavy atom. The second-order valence-electron chi connectivity index (χ2n) is 10.4. The Morgan fingerprint density at radius 2 is 1.02 bits per heavy atom. The quantitative estimate of drug-likeness (QED) is 0.197. The van der Waals surface area contributed by atoms with Crippen LogP contribution >= 0.6 is 0 Å². The summed E-state index contributed by atoms with van der Waals surface area (Å²) in [6.45, 7) is 0. The van der Waals surface area contributed by atoms with E-state index in [4.69, 9.17) is 12.6 Å². The lowest BCUT2D eigenvalue weighted by molar-refractivity contribution is 0.670. The van der Waals surface area contributed by atoms with Gasteiger partial charge in [0.15, 0.2) is 0 Å². The highest BCUT2D eigenvalue weighted by Gasteiger charge is 2.20. The third kappa shape index (κ3) is 3.65. The van der Waals surface area contributed by atoms with Gasteiger partial charge in [-0.1, -0.05) is 145 Å². The first-order chi connectivity index (χ1) is 25.9. The van der Waals surface area contributed by atoms with Crippen molar-refractivity contribution in [1.82, 2.24) is 0 Å². The van der Waals surface area contributed by atoms with E-state index in [0.717, 1.165) is 21.9 Å². The van der Waals surface area contributed by atoms with Gasteiger partial charge in [0.05, 0.1) is 15.1 Å². The molecule has 0 aliphatic heterocycles. The van der Waals surface area contributed by atoms with Crippen molar-refractivity contribution in [2.45, 2.75) is 0 Å². The number of hydrogen-bond donors (Lipinski definition) is 0. The fourth-order valence-corrected chi connectivity index (χ4v) is 6.22. The SMILES string of the molecule is [2H]c1c([2H])c([2H])c2c(oc3ccccc32)c1-c1c2c([2H])c([2H])c([2H])c([2H])c2c(-c2cccc(-c3cccc4ccccc34)c2)c2c([2H])c([2H])c([2H])c([2H])c12. The number of hydrogen-bond acceptors (Lipinski definition) is 1. The number of rotatable bonds is 3. The minimum absolute atomic E-state index is 0.00433. The van der Waals surface area contributed by atoms with E-state index in [-0.39, 0.29) is 55.2 Å². The molecule has 0 atom stereocenters. The average Bonchev–Trinajstić information content (AvgIpc) is 3.58. The molecule has 0 saturated heterocycles. The maximum Gasteiger partial charge on any atom is 0.143 e. The highest BCUT2D eigenvalue weighted by Crippen LogP contribution is 2.46. The second-order valence-corrected chi connectivity index (χ2v) is 10.4. The van der Waals surface area contributed by atoms with Gasteiger partial charge < -0.3 is 4.42 Å². The van der Waals surface area contributed by atoms with E-state index >= 15 is 0 Å². The molecule has 1 nitrogen and oxygen atoms in total.